The molecule has 1 saturated heterocycles. The molecule has 0 amide bonds. The Morgan fingerprint density at radius 3 is 2.76 bits per heavy atom. The van der Waals surface area contributed by atoms with Crippen molar-refractivity contribution in [1.82, 2.24) is 19.6 Å². The number of anilines is 2. The first-order chi connectivity index (χ1) is 15.6. The van der Waals surface area contributed by atoms with Gasteiger partial charge in [0, 0.05) is 35.8 Å². The van der Waals surface area contributed by atoms with E-state index in [1.807, 2.05) is 0 Å². The van der Waals surface area contributed by atoms with E-state index in [4.69, 9.17) is 10.7 Å². The van der Waals surface area contributed by atoms with E-state index >= 15 is 0 Å². The molecule has 0 radical (unpaired) electrons. The first-order valence-corrected chi connectivity index (χ1v) is 12.1. The van der Waals surface area contributed by atoms with Gasteiger partial charge in [-0.15, -0.1) is 0 Å². The Hall–Kier alpha value is -3.60. The normalized spacial score (nSPS) is 17.6. The summed E-state index contributed by atoms with van der Waals surface area (Å²) in [4.78, 5) is 23.3. The Morgan fingerprint density at radius 1 is 1.27 bits per heavy atom. The molecule has 4 heterocycles. The molecule has 1 unspecified atom stereocenters. The molecular formula is C22H21FN6O3S. The second kappa shape index (κ2) is 7.48. The van der Waals surface area contributed by atoms with Crippen LogP contribution in [0.4, 0.5) is 16.0 Å². The molecule has 1 aromatic carbocycles. The van der Waals surface area contributed by atoms with Crippen LogP contribution >= 0.6 is 0 Å². The molecule has 11 heteroatoms. The van der Waals surface area contributed by atoms with E-state index in [1.165, 1.54) is 23.6 Å². The number of ketones is 1. The minimum atomic E-state index is -3.14. The lowest BCUT2D eigenvalue weighted by Crippen LogP contribution is -2.35. The molecular weight excluding hydrogens is 447 g/mol. The van der Waals surface area contributed by atoms with Gasteiger partial charge in [-0.3, -0.25) is 9.78 Å². The topological polar surface area (TPSA) is 124 Å². The Kier molecular flexibility index (Phi) is 4.82. The van der Waals surface area contributed by atoms with Crippen LogP contribution < -0.4 is 10.6 Å². The number of aromatic nitrogens is 4. The number of sulfone groups is 1. The summed E-state index contributed by atoms with van der Waals surface area (Å²) in [6.45, 7) is 1.38. The molecule has 0 saturated carbocycles. The van der Waals surface area contributed by atoms with Gasteiger partial charge in [0.1, 0.15) is 23.0 Å². The third-order valence-electron chi connectivity index (χ3n) is 6.06. The Morgan fingerprint density at radius 2 is 2.06 bits per heavy atom. The van der Waals surface area contributed by atoms with Gasteiger partial charge in [-0.1, -0.05) is 0 Å². The summed E-state index contributed by atoms with van der Waals surface area (Å²) in [6, 6.07) is 5.81. The van der Waals surface area contributed by atoms with Gasteiger partial charge in [-0.25, -0.2) is 17.8 Å². The maximum Gasteiger partial charge on any atom is 0.167 e. The number of nitrogens with two attached hydrogens (primary N) is 1. The number of pyridine rings is 1. The largest absolute Gasteiger partial charge is 0.383 e. The molecule has 3 aromatic heterocycles. The SMILES string of the molecule is CC(=O)c1c(N(C)C2CCS(=O)(=O)C2)nc2c(-c3cnc4ccc(F)cc4c3)cnn2c1N. The highest BCUT2D eigenvalue weighted by molar-refractivity contribution is 7.91. The fourth-order valence-corrected chi connectivity index (χ4v) is 6.08. The number of hydrogen-bond donors (Lipinski definition) is 1. The summed E-state index contributed by atoms with van der Waals surface area (Å²) in [7, 11) is -1.43. The Balaban J connectivity index is 1.69. The molecule has 1 fully saturated rings. The van der Waals surface area contributed by atoms with E-state index in [1.54, 1.807) is 36.5 Å². The molecule has 9 nitrogen and oxygen atoms in total. The van der Waals surface area contributed by atoms with Crippen LogP contribution in [-0.4, -0.2) is 58.4 Å². The maximum absolute atomic E-state index is 13.7. The van der Waals surface area contributed by atoms with Crippen molar-refractivity contribution in [3.8, 4) is 11.1 Å². The lowest BCUT2D eigenvalue weighted by Gasteiger charge is -2.27. The molecule has 0 spiro atoms. The zero-order chi connectivity index (χ0) is 23.5. The Labute approximate surface area is 189 Å². The van der Waals surface area contributed by atoms with Crippen LogP contribution in [0.1, 0.15) is 23.7 Å². The fraction of sp³-hybridized carbons (Fsp3) is 0.273. The van der Waals surface area contributed by atoms with E-state index in [2.05, 4.69) is 10.1 Å². The number of fused-ring (bicyclic) bond motifs is 2. The summed E-state index contributed by atoms with van der Waals surface area (Å²) in [5.41, 5.74) is 8.81. The molecule has 1 atom stereocenters. The second-order valence-corrected chi connectivity index (χ2v) is 10.5. The van der Waals surface area contributed by atoms with Crippen molar-refractivity contribution in [2.45, 2.75) is 19.4 Å². The predicted molar refractivity (Wildman–Crippen MR) is 124 cm³/mol. The maximum atomic E-state index is 13.7. The third kappa shape index (κ3) is 3.58. The van der Waals surface area contributed by atoms with Gasteiger partial charge < -0.3 is 10.6 Å². The van der Waals surface area contributed by atoms with E-state index in [9.17, 15) is 17.6 Å². The molecule has 2 N–H and O–H groups in total. The first-order valence-electron chi connectivity index (χ1n) is 10.3. The van der Waals surface area contributed by atoms with Gasteiger partial charge >= 0.3 is 0 Å². The minimum absolute atomic E-state index is 0.0140. The molecule has 4 aromatic rings. The summed E-state index contributed by atoms with van der Waals surface area (Å²) in [6.07, 6.45) is 3.64. The number of benzene rings is 1. The van der Waals surface area contributed by atoms with E-state index < -0.39 is 9.84 Å². The van der Waals surface area contributed by atoms with E-state index in [0.29, 0.717) is 39.9 Å². The molecule has 170 valence electrons. The van der Waals surface area contributed by atoms with Crippen LogP contribution in [0.5, 0.6) is 0 Å². The highest BCUT2D eigenvalue weighted by Crippen LogP contribution is 2.33. The zero-order valence-corrected chi connectivity index (χ0v) is 18.8. The van der Waals surface area contributed by atoms with Crippen molar-refractivity contribution in [3.63, 3.8) is 0 Å². The lowest BCUT2D eigenvalue weighted by molar-refractivity contribution is 0.101. The molecule has 0 bridgehead atoms. The molecule has 33 heavy (non-hydrogen) atoms. The highest BCUT2D eigenvalue weighted by Gasteiger charge is 2.33. The van der Waals surface area contributed by atoms with Gasteiger partial charge in [0.15, 0.2) is 21.3 Å². The zero-order valence-electron chi connectivity index (χ0n) is 18.0. The number of halogens is 1. The van der Waals surface area contributed by atoms with Gasteiger partial charge in [-0.2, -0.15) is 9.61 Å². The number of rotatable bonds is 4. The molecule has 1 aliphatic rings. The number of hydrogen-bond acceptors (Lipinski definition) is 8. The summed E-state index contributed by atoms with van der Waals surface area (Å²) < 4.78 is 39.1. The summed E-state index contributed by atoms with van der Waals surface area (Å²) >= 11 is 0. The van der Waals surface area contributed by atoms with Crippen molar-refractivity contribution < 1.29 is 17.6 Å². The highest BCUT2D eigenvalue weighted by atomic mass is 32.2. The van der Waals surface area contributed by atoms with Crippen LogP contribution in [0.3, 0.4) is 0 Å². The van der Waals surface area contributed by atoms with E-state index in [0.717, 1.165) is 0 Å². The monoisotopic (exact) mass is 468 g/mol. The van der Waals surface area contributed by atoms with Crippen molar-refractivity contribution in [2.24, 2.45) is 0 Å². The van der Waals surface area contributed by atoms with Crippen molar-refractivity contribution >= 4 is 43.8 Å². The number of nitrogen functional groups attached to an aromatic ring is 1. The predicted octanol–water partition coefficient (Wildman–Crippen LogP) is 2.49. The van der Waals surface area contributed by atoms with Crippen LogP contribution in [0.2, 0.25) is 0 Å². The van der Waals surface area contributed by atoms with Gasteiger partial charge in [0.05, 0.1) is 23.2 Å². The average molecular weight is 469 g/mol. The van der Waals surface area contributed by atoms with Crippen molar-refractivity contribution in [3.05, 3.63) is 48.0 Å². The number of nitrogens with zero attached hydrogens (tertiary/aromatic N) is 5. The minimum Gasteiger partial charge on any atom is -0.383 e. The van der Waals surface area contributed by atoms with Crippen LogP contribution in [0.15, 0.2) is 36.7 Å². The standard InChI is InChI=1S/C22H21FN6O3S/c1-12(30)19-20(24)29-21(27-22(19)28(2)16-5-6-33(31,32)11-16)17(10-26-29)14-7-13-8-15(23)3-4-18(13)25-9-14/h3-4,7-10,16H,5-6,11,24H2,1-2H3. The number of carbonyl (C=O) groups excluding carboxylic acids is 1. The van der Waals surface area contributed by atoms with E-state index in [-0.39, 0.29) is 40.5 Å². The third-order valence-corrected chi connectivity index (χ3v) is 7.81. The number of carbonyl (C=O) groups is 1. The van der Waals surface area contributed by atoms with Gasteiger partial charge in [0.2, 0.25) is 0 Å². The van der Waals surface area contributed by atoms with Crippen LogP contribution in [-0.2, 0) is 9.84 Å². The summed E-state index contributed by atoms with van der Waals surface area (Å²) in [5, 5.41) is 4.94. The van der Waals surface area contributed by atoms with Gasteiger partial charge in [-0.05, 0) is 37.6 Å². The quantitative estimate of drug-likeness (QED) is 0.453. The molecule has 1 aliphatic heterocycles. The first kappa shape index (κ1) is 21.3. The molecule has 5 rings (SSSR count). The van der Waals surface area contributed by atoms with Crippen LogP contribution in [0, 0.1) is 5.82 Å². The van der Waals surface area contributed by atoms with Crippen molar-refractivity contribution in [2.75, 3.05) is 29.2 Å². The fourth-order valence-electron chi connectivity index (χ4n) is 4.30. The summed E-state index contributed by atoms with van der Waals surface area (Å²) in [5.74, 6) is -0.182. The number of Topliss-reactive ketones (excluding diaryl/α,β-unsaturated/α-hetero) is 1. The molecule has 0 aliphatic carbocycles. The van der Waals surface area contributed by atoms with Crippen LogP contribution in [0.25, 0.3) is 27.7 Å². The van der Waals surface area contributed by atoms with Gasteiger partial charge in [0.25, 0.3) is 0 Å². The average Bonchev–Trinajstić information content (AvgIpc) is 3.35. The second-order valence-electron chi connectivity index (χ2n) is 8.27. The Bertz CT molecular complexity index is 1550. The lowest BCUT2D eigenvalue weighted by atomic mass is 10.1. The smallest absolute Gasteiger partial charge is 0.167 e. The van der Waals surface area contributed by atoms with Crippen molar-refractivity contribution in [1.29, 1.82) is 0 Å².